The average molecular weight is 1610 g/mol. The molecule has 0 aliphatic rings. The van der Waals surface area contributed by atoms with Crippen LogP contribution in [0.3, 0.4) is 0 Å². The van der Waals surface area contributed by atoms with Gasteiger partial charge in [-0.3, -0.25) is 37.3 Å². The first-order valence-electron chi connectivity index (χ1n) is 46.9. The lowest BCUT2D eigenvalue weighted by Gasteiger charge is -2.21. The summed E-state index contributed by atoms with van der Waals surface area (Å²) < 4.78 is 69.0. The van der Waals surface area contributed by atoms with Crippen molar-refractivity contribution in [2.45, 2.75) is 503 Å². The van der Waals surface area contributed by atoms with Crippen molar-refractivity contribution < 1.29 is 80.2 Å². The highest BCUT2D eigenvalue weighted by Gasteiger charge is 2.31. The van der Waals surface area contributed by atoms with Crippen LogP contribution in [0.1, 0.15) is 485 Å². The minimum absolute atomic E-state index is 0.107. The summed E-state index contributed by atoms with van der Waals surface area (Å²) in [6.07, 6.45) is 73.8. The Hall–Kier alpha value is -1.94. The van der Waals surface area contributed by atoms with Crippen LogP contribution in [0.5, 0.6) is 0 Å². The molecule has 0 fully saturated rings. The molecule has 3 N–H and O–H groups in total. The van der Waals surface area contributed by atoms with Crippen molar-refractivity contribution in [2.24, 2.45) is 17.8 Å². The zero-order valence-corrected chi connectivity index (χ0v) is 74.5. The van der Waals surface area contributed by atoms with Gasteiger partial charge in [-0.15, -0.1) is 0 Å². The van der Waals surface area contributed by atoms with E-state index >= 15 is 0 Å². The molecule has 0 aromatic rings. The van der Waals surface area contributed by atoms with Crippen molar-refractivity contribution in [1.82, 2.24) is 0 Å². The SMILES string of the molecule is CCCCCCCCCCCCCCCCCCCCCCC(=O)OC[C@H](COP(=O)(O)OC[C@@H](O)COP(=O)(O)OC[C@@H](COC(=O)CCCCCCCCCC(C)C)OC(=O)CCCCCCCCCCCCCCCCCC(C)C)OC(=O)CCCCCCCCCCCCCCCCCCCCC(C)CC. The van der Waals surface area contributed by atoms with Crippen LogP contribution < -0.4 is 0 Å². The van der Waals surface area contributed by atoms with Gasteiger partial charge in [0.05, 0.1) is 26.4 Å². The van der Waals surface area contributed by atoms with E-state index in [1.165, 1.54) is 289 Å². The van der Waals surface area contributed by atoms with Gasteiger partial charge in [-0.1, -0.05) is 434 Å². The van der Waals surface area contributed by atoms with Gasteiger partial charge >= 0.3 is 39.5 Å². The Morgan fingerprint density at radius 3 is 0.691 bits per heavy atom. The molecule has 0 aromatic heterocycles. The maximum Gasteiger partial charge on any atom is 0.472 e. The second-order valence-corrected chi connectivity index (χ2v) is 36.8. The number of rotatable bonds is 89. The summed E-state index contributed by atoms with van der Waals surface area (Å²) in [4.78, 5) is 73.4. The van der Waals surface area contributed by atoms with Gasteiger partial charge in [0.25, 0.3) is 0 Å². The number of hydrogen-bond donors (Lipinski definition) is 3. The Labute approximate surface area is 677 Å². The zero-order chi connectivity index (χ0) is 80.8. The third kappa shape index (κ3) is 82.6. The van der Waals surface area contributed by atoms with E-state index in [0.717, 1.165) is 108 Å². The molecule has 0 rings (SSSR count). The van der Waals surface area contributed by atoms with Gasteiger partial charge in [-0.2, -0.15) is 0 Å². The highest BCUT2D eigenvalue weighted by atomic mass is 31.2. The first kappa shape index (κ1) is 108. The lowest BCUT2D eigenvalue weighted by Crippen LogP contribution is -2.30. The quantitative estimate of drug-likeness (QED) is 0.0222. The summed E-state index contributed by atoms with van der Waals surface area (Å²) in [5.74, 6) is 0.278. The molecule has 0 heterocycles. The summed E-state index contributed by atoms with van der Waals surface area (Å²) in [7, 11) is -9.94. The number of phosphoric ester groups is 2. The molecular weight excluding hydrogens is 1430 g/mol. The van der Waals surface area contributed by atoms with Gasteiger partial charge in [0.1, 0.15) is 19.3 Å². The highest BCUT2D eigenvalue weighted by molar-refractivity contribution is 7.47. The lowest BCUT2D eigenvalue weighted by molar-refractivity contribution is -0.161. The molecular formula is C91H178O17P2. The zero-order valence-electron chi connectivity index (χ0n) is 72.7. The number of aliphatic hydroxyl groups excluding tert-OH is 1. The Bertz CT molecular complexity index is 2120. The van der Waals surface area contributed by atoms with Crippen molar-refractivity contribution in [3.8, 4) is 0 Å². The molecule has 19 heteroatoms. The first-order valence-corrected chi connectivity index (χ1v) is 49.9. The molecule has 654 valence electrons. The van der Waals surface area contributed by atoms with Crippen molar-refractivity contribution >= 4 is 39.5 Å². The molecule has 0 saturated carbocycles. The highest BCUT2D eigenvalue weighted by Crippen LogP contribution is 2.45. The molecule has 0 bridgehead atoms. The average Bonchev–Trinajstić information content (AvgIpc) is 0.897. The first-order chi connectivity index (χ1) is 53.3. The molecule has 3 unspecified atom stereocenters. The topological polar surface area (TPSA) is 237 Å². The largest absolute Gasteiger partial charge is 0.472 e. The van der Waals surface area contributed by atoms with Gasteiger partial charge in [0.15, 0.2) is 12.2 Å². The summed E-state index contributed by atoms with van der Waals surface area (Å²) in [6, 6.07) is 0. The van der Waals surface area contributed by atoms with Crippen LogP contribution >= 0.6 is 15.6 Å². The number of unbranched alkanes of at least 4 members (excludes halogenated alkanes) is 56. The Kier molecular flexibility index (Phi) is 79.4. The fourth-order valence-electron chi connectivity index (χ4n) is 14.2. The van der Waals surface area contributed by atoms with E-state index in [4.69, 9.17) is 37.0 Å². The summed E-state index contributed by atoms with van der Waals surface area (Å²) >= 11 is 0. The maximum atomic E-state index is 13.2. The molecule has 110 heavy (non-hydrogen) atoms. The van der Waals surface area contributed by atoms with Crippen molar-refractivity contribution in [1.29, 1.82) is 0 Å². The number of esters is 4. The minimum Gasteiger partial charge on any atom is -0.462 e. The summed E-state index contributed by atoms with van der Waals surface area (Å²) in [5, 5.41) is 10.7. The Morgan fingerprint density at radius 1 is 0.264 bits per heavy atom. The molecule has 0 aliphatic carbocycles. The van der Waals surface area contributed by atoms with Crippen LogP contribution in [0.25, 0.3) is 0 Å². The van der Waals surface area contributed by atoms with Crippen LogP contribution in [0.15, 0.2) is 0 Å². The Balaban J connectivity index is 5.22. The van der Waals surface area contributed by atoms with Crippen LogP contribution in [0.2, 0.25) is 0 Å². The monoisotopic (exact) mass is 1610 g/mol. The number of phosphoric acid groups is 2. The summed E-state index contributed by atoms with van der Waals surface area (Å²) in [5.41, 5.74) is 0. The number of carbonyl (C=O) groups is 4. The standard InChI is InChI=1S/C91H178O17P2/c1-8-10-11-12-13-14-15-16-17-18-19-20-24-29-34-39-44-51-58-65-72-88(93)101-78-86(107-90(95)74-67-60-52-45-40-35-30-25-22-21-23-28-33-38-43-50-57-64-71-84(7)9-2)80-105-109(97,98)103-76-85(92)77-104-110(99,100)106-81-87(79-102-89(94)73-66-59-54-47-49-56-63-70-83(5)6)108-91(96)75-68-61-53-46-41-36-31-26-27-32-37-42-48-55-62-69-82(3)4/h82-87,92H,8-81H2,1-7H3,(H,97,98)(H,99,100)/t84?,85-,86-,87-/m1/s1. The van der Waals surface area contributed by atoms with Gasteiger partial charge in [0, 0.05) is 25.7 Å². The van der Waals surface area contributed by atoms with Crippen LogP contribution in [-0.4, -0.2) is 96.7 Å². The molecule has 17 nitrogen and oxygen atoms in total. The number of ether oxygens (including phenoxy) is 4. The van der Waals surface area contributed by atoms with Crippen LogP contribution in [0.4, 0.5) is 0 Å². The molecule has 0 amide bonds. The van der Waals surface area contributed by atoms with Crippen molar-refractivity contribution in [3.05, 3.63) is 0 Å². The number of hydrogen-bond acceptors (Lipinski definition) is 15. The predicted molar refractivity (Wildman–Crippen MR) is 455 cm³/mol. The van der Waals surface area contributed by atoms with Gasteiger partial charge in [-0.25, -0.2) is 9.13 Å². The minimum atomic E-state index is -4.97. The smallest absolute Gasteiger partial charge is 0.462 e. The van der Waals surface area contributed by atoms with E-state index in [0.29, 0.717) is 31.6 Å². The van der Waals surface area contributed by atoms with Gasteiger partial charge in [0.2, 0.25) is 0 Å². The van der Waals surface area contributed by atoms with E-state index in [2.05, 4.69) is 48.5 Å². The molecule has 0 saturated heterocycles. The predicted octanol–water partition coefficient (Wildman–Crippen LogP) is 28.0. The fraction of sp³-hybridized carbons (Fsp3) is 0.956. The van der Waals surface area contributed by atoms with E-state index in [-0.39, 0.29) is 25.7 Å². The molecule has 0 aliphatic heterocycles. The maximum absolute atomic E-state index is 13.2. The van der Waals surface area contributed by atoms with Crippen LogP contribution in [0, 0.1) is 17.8 Å². The second-order valence-electron chi connectivity index (χ2n) is 33.9. The molecule has 0 spiro atoms. The van der Waals surface area contributed by atoms with E-state index in [1.807, 2.05) is 0 Å². The summed E-state index contributed by atoms with van der Waals surface area (Å²) in [6.45, 7) is 12.0. The van der Waals surface area contributed by atoms with E-state index in [9.17, 15) is 43.2 Å². The molecule has 0 aromatic carbocycles. The van der Waals surface area contributed by atoms with E-state index < -0.39 is 97.5 Å². The number of aliphatic hydroxyl groups is 1. The lowest BCUT2D eigenvalue weighted by atomic mass is 9.99. The Morgan fingerprint density at radius 2 is 0.464 bits per heavy atom. The fourth-order valence-corrected chi connectivity index (χ4v) is 15.8. The second kappa shape index (κ2) is 80.8. The van der Waals surface area contributed by atoms with Gasteiger partial charge in [-0.05, 0) is 43.4 Å². The molecule has 6 atom stereocenters. The van der Waals surface area contributed by atoms with E-state index in [1.54, 1.807) is 0 Å². The molecule has 0 radical (unpaired) electrons. The van der Waals surface area contributed by atoms with Gasteiger partial charge < -0.3 is 33.8 Å². The number of carbonyl (C=O) groups excluding carboxylic acids is 4. The third-order valence-corrected chi connectivity index (χ3v) is 23.6. The van der Waals surface area contributed by atoms with Crippen molar-refractivity contribution in [2.75, 3.05) is 39.6 Å². The van der Waals surface area contributed by atoms with Crippen LogP contribution in [-0.2, 0) is 65.4 Å². The van der Waals surface area contributed by atoms with Crippen molar-refractivity contribution in [3.63, 3.8) is 0 Å². The third-order valence-electron chi connectivity index (χ3n) is 21.7. The normalized spacial score (nSPS) is 14.0.